The van der Waals surface area contributed by atoms with Gasteiger partial charge < -0.3 is 15.4 Å². The van der Waals surface area contributed by atoms with Crippen LogP contribution in [0, 0.1) is 0 Å². The topological polar surface area (TPSA) is 80.3 Å². The maximum atomic E-state index is 12.1. The van der Waals surface area contributed by atoms with Crippen LogP contribution in [0.1, 0.15) is 29.4 Å². The molecule has 0 atom stereocenters. The van der Waals surface area contributed by atoms with Crippen LogP contribution >= 0.6 is 22.7 Å². The number of thiazole rings is 1. The van der Waals surface area contributed by atoms with E-state index >= 15 is 0 Å². The number of rotatable bonds is 8. The lowest BCUT2D eigenvalue weighted by atomic mass is 10.3. The Morgan fingerprint density at radius 2 is 2.15 bits per heavy atom. The van der Waals surface area contributed by atoms with Gasteiger partial charge in [0.25, 0.3) is 5.91 Å². The van der Waals surface area contributed by atoms with Crippen molar-refractivity contribution in [3.8, 4) is 5.75 Å². The Bertz CT molecular complexity index is 890. The first-order chi connectivity index (χ1) is 12.7. The number of ether oxygens (including phenoxy) is 1. The van der Waals surface area contributed by atoms with Gasteiger partial charge >= 0.3 is 0 Å². The summed E-state index contributed by atoms with van der Waals surface area (Å²) in [5.41, 5.74) is 0.831. The van der Waals surface area contributed by atoms with E-state index in [1.807, 2.05) is 36.6 Å². The van der Waals surface area contributed by atoms with Crippen LogP contribution in [0.15, 0.2) is 35.7 Å². The van der Waals surface area contributed by atoms with Crippen molar-refractivity contribution in [2.75, 3.05) is 18.5 Å². The number of amides is 2. The number of thiophene rings is 1. The van der Waals surface area contributed by atoms with Gasteiger partial charge in [0.05, 0.1) is 21.7 Å². The third-order valence-corrected chi connectivity index (χ3v) is 5.33. The molecule has 1 aromatic carbocycles. The van der Waals surface area contributed by atoms with Gasteiger partial charge in [-0.15, -0.1) is 11.3 Å². The van der Waals surface area contributed by atoms with E-state index in [2.05, 4.69) is 15.6 Å². The Balaban J connectivity index is 1.45. The molecule has 0 spiro atoms. The van der Waals surface area contributed by atoms with Gasteiger partial charge in [0.2, 0.25) is 5.91 Å². The van der Waals surface area contributed by atoms with Gasteiger partial charge in [-0.2, -0.15) is 0 Å². The Hall–Kier alpha value is -2.45. The van der Waals surface area contributed by atoms with Crippen LogP contribution in [0.4, 0.5) is 5.13 Å². The first-order valence-electron chi connectivity index (χ1n) is 8.30. The predicted molar refractivity (Wildman–Crippen MR) is 105 cm³/mol. The first kappa shape index (κ1) is 18.3. The van der Waals surface area contributed by atoms with Gasteiger partial charge in [0.1, 0.15) is 5.75 Å². The molecular formula is C18H19N3O3S2. The largest absolute Gasteiger partial charge is 0.494 e. The maximum absolute atomic E-state index is 12.1. The summed E-state index contributed by atoms with van der Waals surface area (Å²) < 4.78 is 6.44. The fourth-order valence-corrected chi connectivity index (χ4v) is 3.89. The minimum Gasteiger partial charge on any atom is -0.494 e. The summed E-state index contributed by atoms with van der Waals surface area (Å²) in [7, 11) is 0. The van der Waals surface area contributed by atoms with Crippen molar-refractivity contribution in [2.45, 2.75) is 19.8 Å². The minimum atomic E-state index is -0.112. The molecule has 6 nitrogen and oxygen atoms in total. The maximum Gasteiger partial charge on any atom is 0.261 e. The van der Waals surface area contributed by atoms with Crippen LogP contribution in [0.25, 0.3) is 10.2 Å². The molecule has 8 heteroatoms. The molecule has 0 aliphatic rings. The number of hydrogen-bond acceptors (Lipinski definition) is 6. The van der Waals surface area contributed by atoms with Crippen LogP contribution in [-0.4, -0.2) is 29.9 Å². The summed E-state index contributed by atoms with van der Waals surface area (Å²) in [5, 5.41) is 8.05. The molecule has 3 rings (SSSR count). The summed E-state index contributed by atoms with van der Waals surface area (Å²) in [5.74, 6) is 0.583. The highest BCUT2D eigenvalue weighted by Crippen LogP contribution is 2.29. The van der Waals surface area contributed by atoms with Crippen molar-refractivity contribution in [3.63, 3.8) is 0 Å². The van der Waals surface area contributed by atoms with E-state index in [0.717, 1.165) is 16.0 Å². The summed E-state index contributed by atoms with van der Waals surface area (Å²) in [6.07, 6.45) is 0.896. The van der Waals surface area contributed by atoms with Gasteiger partial charge in [0.15, 0.2) is 5.13 Å². The Kier molecular flexibility index (Phi) is 6.19. The third kappa shape index (κ3) is 4.80. The number of benzene rings is 1. The van der Waals surface area contributed by atoms with Gasteiger partial charge in [-0.05, 0) is 43.0 Å². The lowest BCUT2D eigenvalue weighted by Gasteiger charge is -2.03. The first-order valence-corrected chi connectivity index (χ1v) is 10.0. The van der Waals surface area contributed by atoms with E-state index in [-0.39, 0.29) is 11.8 Å². The van der Waals surface area contributed by atoms with E-state index in [4.69, 9.17) is 4.74 Å². The third-order valence-electron chi connectivity index (χ3n) is 3.53. The van der Waals surface area contributed by atoms with Gasteiger partial charge in [-0.3, -0.25) is 9.59 Å². The molecule has 2 N–H and O–H groups in total. The number of nitrogens with zero attached hydrogens (tertiary/aromatic N) is 1. The van der Waals surface area contributed by atoms with Crippen molar-refractivity contribution >= 4 is 49.8 Å². The number of hydrogen-bond donors (Lipinski definition) is 2. The lowest BCUT2D eigenvalue weighted by molar-refractivity contribution is -0.116. The number of carbonyl (C=O) groups excluding carboxylic acids is 2. The zero-order valence-electron chi connectivity index (χ0n) is 14.3. The highest BCUT2D eigenvalue weighted by atomic mass is 32.1. The highest BCUT2D eigenvalue weighted by Gasteiger charge is 2.10. The van der Waals surface area contributed by atoms with Gasteiger partial charge in [0, 0.05) is 13.0 Å². The van der Waals surface area contributed by atoms with Crippen molar-refractivity contribution < 1.29 is 14.3 Å². The molecule has 0 bridgehead atoms. The average Bonchev–Trinajstić information content (AvgIpc) is 3.27. The molecule has 0 saturated heterocycles. The van der Waals surface area contributed by atoms with Crippen molar-refractivity contribution in [1.29, 1.82) is 0 Å². The van der Waals surface area contributed by atoms with E-state index < -0.39 is 0 Å². The second-order valence-electron chi connectivity index (χ2n) is 5.47. The fourth-order valence-electron chi connectivity index (χ4n) is 2.34. The number of aromatic nitrogens is 1. The normalized spacial score (nSPS) is 10.7. The Morgan fingerprint density at radius 1 is 1.27 bits per heavy atom. The molecule has 2 heterocycles. The average molecular weight is 390 g/mol. The molecule has 3 aromatic rings. The monoisotopic (exact) mass is 389 g/mol. The SMILES string of the molecule is CCOc1ccc2nc(NC(=O)CCCNC(=O)c3cccs3)sc2c1. The van der Waals surface area contributed by atoms with Crippen LogP contribution in [0.2, 0.25) is 0 Å². The van der Waals surface area contributed by atoms with Gasteiger partial charge in [-0.25, -0.2) is 4.98 Å². The summed E-state index contributed by atoms with van der Waals surface area (Å²) in [6, 6.07) is 9.28. The number of carbonyl (C=O) groups is 2. The zero-order chi connectivity index (χ0) is 18.4. The van der Waals surface area contributed by atoms with E-state index in [9.17, 15) is 9.59 Å². The quantitative estimate of drug-likeness (QED) is 0.573. The van der Waals surface area contributed by atoms with Crippen LogP contribution < -0.4 is 15.4 Å². The molecule has 0 unspecified atom stereocenters. The highest BCUT2D eigenvalue weighted by molar-refractivity contribution is 7.22. The minimum absolute atomic E-state index is 0.100. The van der Waals surface area contributed by atoms with E-state index in [0.29, 0.717) is 36.0 Å². The summed E-state index contributed by atoms with van der Waals surface area (Å²) >= 11 is 2.81. The zero-order valence-corrected chi connectivity index (χ0v) is 15.9. The summed E-state index contributed by atoms with van der Waals surface area (Å²) in [6.45, 7) is 3.00. The fraction of sp³-hybridized carbons (Fsp3) is 0.278. The van der Waals surface area contributed by atoms with Crippen LogP contribution in [0.5, 0.6) is 5.75 Å². The molecule has 0 radical (unpaired) electrons. The molecule has 136 valence electrons. The molecule has 0 aliphatic heterocycles. The number of fused-ring (bicyclic) bond motifs is 1. The molecule has 26 heavy (non-hydrogen) atoms. The van der Waals surface area contributed by atoms with E-state index in [1.54, 1.807) is 6.07 Å². The standard InChI is InChI=1S/C18H19N3O3S2/c1-2-24-12-7-8-13-15(11-12)26-18(20-13)21-16(22)6-3-9-19-17(23)14-5-4-10-25-14/h4-5,7-8,10-11H,2-3,6,9H2,1H3,(H,19,23)(H,20,21,22). The number of anilines is 1. The van der Waals surface area contributed by atoms with E-state index in [1.165, 1.54) is 22.7 Å². The molecule has 0 saturated carbocycles. The molecule has 0 fully saturated rings. The Morgan fingerprint density at radius 3 is 2.92 bits per heavy atom. The van der Waals surface area contributed by atoms with Crippen molar-refractivity contribution in [2.24, 2.45) is 0 Å². The molecule has 2 aromatic heterocycles. The van der Waals surface area contributed by atoms with Crippen molar-refractivity contribution in [3.05, 3.63) is 40.6 Å². The number of nitrogens with one attached hydrogen (secondary N) is 2. The Labute approximate surface area is 159 Å². The summed E-state index contributed by atoms with van der Waals surface area (Å²) in [4.78, 5) is 28.9. The molecule has 2 amide bonds. The van der Waals surface area contributed by atoms with Gasteiger partial charge in [-0.1, -0.05) is 17.4 Å². The van der Waals surface area contributed by atoms with Crippen LogP contribution in [-0.2, 0) is 4.79 Å². The van der Waals surface area contributed by atoms with Crippen molar-refractivity contribution in [1.82, 2.24) is 10.3 Å². The second kappa shape index (κ2) is 8.77. The lowest BCUT2D eigenvalue weighted by Crippen LogP contribution is -2.24. The smallest absolute Gasteiger partial charge is 0.261 e. The molecular weight excluding hydrogens is 370 g/mol. The predicted octanol–water partition coefficient (Wildman–Crippen LogP) is 3.91. The van der Waals surface area contributed by atoms with Crippen LogP contribution in [0.3, 0.4) is 0 Å². The second-order valence-corrected chi connectivity index (χ2v) is 7.44. The molecule has 0 aliphatic carbocycles.